The van der Waals surface area contributed by atoms with Gasteiger partial charge in [-0.1, -0.05) is 94.5 Å². The van der Waals surface area contributed by atoms with E-state index in [1.165, 1.54) is 38.5 Å². The van der Waals surface area contributed by atoms with Gasteiger partial charge >= 0.3 is 13.6 Å². The van der Waals surface area contributed by atoms with Crippen LogP contribution in [0.5, 0.6) is 0 Å². The van der Waals surface area contributed by atoms with Crippen LogP contribution in [0, 0.1) is 18.8 Å². The summed E-state index contributed by atoms with van der Waals surface area (Å²) in [6.07, 6.45) is 12.8. The van der Waals surface area contributed by atoms with Crippen LogP contribution in [0.1, 0.15) is 98.5 Å². The van der Waals surface area contributed by atoms with Crippen molar-refractivity contribution in [3.05, 3.63) is 59.2 Å². The molecule has 0 saturated heterocycles. The topological polar surface area (TPSA) is 71.4 Å². The molecule has 0 bridgehead atoms. The highest BCUT2D eigenvalue weighted by molar-refractivity contribution is 7.32. The molecular formula is C29H37O4P. The molecule has 0 unspecified atom stereocenters. The Hall–Kier alpha value is -2.19. The summed E-state index contributed by atoms with van der Waals surface area (Å²) in [5.74, 6) is -0.168. The molecule has 0 aliphatic heterocycles. The average Bonchev–Trinajstić information content (AvgIpc) is 2.84. The average molecular weight is 481 g/mol. The molecule has 2 fully saturated rings. The highest BCUT2D eigenvalue weighted by Gasteiger charge is 2.43. The summed E-state index contributed by atoms with van der Waals surface area (Å²) in [5, 5.41) is 8.99. The van der Waals surface area contributed by atoms with Gasteiger partial charge in [0.05, 0.1) is 5.56 Å². The van der Waals surface area contributed by atoms with Crippen LogP contribution in [0.4, 0.5) is 0 Å². The second-order valence-electron chi connectivity index (χ2n) is 10.6. The third-order valence-corrected chi connectivity index (χ3v) is 9.60. The first-order valence-corrected chi connectivity index (χ1v) is 14.2. The summed E-state index contributed by atoms with van der Waals surface area (Å²) in [6, 6.07) is 13.1. The van der Waals surface area contributed by atoms with E-state index in [1.54, 1.807) is 12.1 Å². The van der Waals surface area contributed by atoms with Gasteiger partial charge in [0.1, 0.15) is 5.16 Å². The van der Waals surface area contributed by atoms with Gasteiger partial charge in [0.25, 0.3) is 0 Å². The molecule has 2 aromatic carbocycles. The van der Waals surface area contributed by atoms with E-state index < -0.39 is 18.8 Å². The fourth-order valence-corrected chi connectivity index (χ4v) is 7.59. The first kappa shape index (κ1) is 24.9. The Kier molecular flexibility index (Phi) is 8.09. The van der Waals surface area contributed by atoms with E-state index in [0.717, 1.165) is 42.4 Å². The second-order valence-corrected chi connectivity index (χ2v) is 12.0. The first-order valence-electron chi connectivity index (χ1n) is 13.0. The highest BCUT2D eigenvalue weighted by Crippen LogP contribution is 2.53. The maximum Gasteiger partial charge on any atom is 0.336 e. The lowest BCUT2D eigenvalue weighted by Crippen LogP contribution is -2.29. The number of aryl methyl sites for hydroxylation is 1. The molecular weight excluding hydrogens is 443 g/mol. The summed E-state index contributed by atoms with van der Waals surface area (Å²) in [5.41, 5.74) is 3.47. The number of hydrogen-bond acceptors (Lipinski definition) is 3. The summed E-state index contributed by atoms with van der Waals surface area (Å²) < 4.78 is 26.4. The van der Waals surface area contributed by atoms with Gasteiger partial charge in [-0.25, -0.2) is 13.9 Å². The Bertz CT molecular complexity index is 1050. The van der Waals surface area contributed by atoms with Gasteiger partial charge in [0.2, 0.25) is 0 Å². The Morgan fingerprint density at radius 1 is 0.853 bits per heavy atom. The van der Waals surface area contributed by atoms with Crippen molar-refractivity contribution in [2.45, 2.75) is 89.1 Å². The Labute approximate surface area is 204 Å². The van der Waals surface area contributed by atoms with Crippen molar-refractivity contribution in [3.63, 3.8) is 0 Å². The minimum Gasteiger partial charge on any atom is -0.478 e. The van der Waals surface area contributed by atoms with Crippen molar-refractivity contribution in [2.24, 2.45) is 11.8 Å². The molecule has 0 atom stereocenters. The number of aromatic carboxylic acids is 1. The molecule has 0 aromatic heterocycles. The van der Waals surface area contributed by atoms with Gasteiger partial charge in [-0.3, -0.25) is 0 Å². The van der Waals surface area contributed by atoms with E-state index in [9.17, 15) is 19.0 Å². The molecule has 0 heterocycles. The number of carbonyl (C=O) groups is 1. The Morgan fingerprint density at radius 3 is 1.91 bits per heavy atom. The molecule has 2 aliphatic rings. The van der Waals surface area contributed by atoms with Gasteiger partial charge in [0.15, 0.2) is 0 Å². The third-order valence-electron chi connectivity index (χ3n) is 8.27. The zero-order valence-electron chi connectivity index (χ0n) is 20.3. The number of rotatable bonds is 8. The molecule has 0 spiro atoms. The quantitative estimate of drug-likeness (QED) is 0.384. The molecule has 2 saturated carbocycles. The van der Waals surface area contributed by atoms with Crippen molar-refractivity contribution in [2.75, 3.05) is 0 Å². The van der Waals surface area contributed by atoms with Crippen LogP contribution < -0.4 is 0 Å². The van der Waals surface area contributed by atoms with Crippen LogP contribution in [0.2, 0.25) is 0 Å². The van der Waals surface area contributed by atoms with E-state index in [-0.39, 0.29) is 5.56 Å². The van der Waals surface area contributed by atoms with Gasteiger partial charge < -0.3 is 5.11 Å². The monoisotopic (exact) mass is 480 g/mol. The van der Waals surface area contributed by atoms with Gasteiger partial charge in [-0.15, -0.1) is 0 Å². The van der Waals surface area contributed by atoms with Crippen molar-refractivity contribution < 1.29 is 19.0 Å². The van der Waals surface area contributed by atoms with Gasteiger partial charge in [0, 0.05) is 0 Å². The standard InChI is InChI=1S/C29H37O4P/c1-21-10-8-9-15-25(21)27-18-24(16-17-26(27)28(30)31)29(34(32)33,19-22-11-4-2-5-12-22)20-23-13-6-3-7-14-23/h8-10,15-18,22-23H,2-7,11-14,19-20H2,1H3,(H,30,31). The van der Waals surface area contributed by atoms with Crippen molar-refractivity contribution in [3.8, 4) is 11.1 Å². The number of benzene rings is 2. The highest BCUT2D eigenvalue weighted by atomic mass is 31.1. The molecule has 5 heteroatoms. The van der Waals surface area contributed by atoms with E-state index in [0.29, 0.717) is 30.2 Å². The first-order chi connectivity index (χ1) is 16.4. The van der Waals surface area contributed by atoms with Crippen LogP contribution in [0.3, 0.4) is 0 Å². The van der Waals surface area contributed by atoms with Crippen LogP contribution in [-0.2, 0) is 14.3 Å². The lowest BCUT2D eigenvalue weighted by atomic mass is 9.73. The predicted octanol–water partition coefficient (Wildman–Crippen LogP) is 8.67. The summed E-state index contributed by atoms with van der Waals surface area (Å²) in [7, 11) is -2.74. The molecule has 2 aliphatic carbocycles. The largest absolute Gasteiger partial charge is 0.478 e. The van der Waals surface area contributed by atoms with Gasteiger partial charge in [-0.2, -0.15) is 0 Å². The summed E-state index contributed by atoms with van der Waals surface area (Å²) in [4.78, 5) is 12.1. The SMILES string of the molecule is Cc1ccccc1-c1cc(C(CC2CCCCC2)(CC2CCCCC2)P(=O)=O)ccc1C(=O)O. The molecule has 34 heavy (non-hydrogen) atoms. The minimum atomic E-state index is -2.74. The van der Waals surface area contributed by atoms with E-state index in [1.807, 2.05) is 37.3 Å². The normalized spacial score (nSPS) is 18.0. The molecule has 0 radical (unpaired) electrons. The zero-order chi connectivity index (χ0) is 24.1. The van der Waals surface area contributed by atoms with Crippen molar-refractivity contribution in [1.29, 1.82) is 0 Å². The minimum absolute atomic E-state index is 0.225. The molecule has 0 amide bonds. The fourth-order valence-electron chi connectivity index (χ4n) is 6.43. The van der Waals surface area contributed by atoms with Crippen molar-refractivity contribution >= 4 is 13.6 Å². The van der Waals surface area contributed by atoms with E-state index >= 15 is 0 Å². The smallest absolute Gasteiger partial charge is 0.336 e. The van der Waals surface area contributed by atoms with Crippen LogP contribution in [0.25, 0.3) is 11.1 Å². The van der Waals surface area contributed by atoms with Crippen LogP contribution in [-0.4, -0.2) is 11.1 Å². The van der Waals surface area contributed by atoms with Crippen molar-refractivity contribution in [1.82, 2.24) is 0 Å². The molecule has 1 N–H and O–H groups in total. The maximum atomic E-state index is 13.2. The maximum absolute atomic E-state index is 13.2. The lowest BCUT2D eigenvalue weighted by molar-refractivity contribution is 0.0697. The van der Waals surface area contributed by atoms with Crippen LogP contribution in [0.15, 0.2) is 42.5 Å². The number of carboxylic acid groups (broad SMARTS) is 1. The number of hydrogen-bond donors (Lipinski definition) is 1. The molecule has 2 aromatic rings. The summed E-state index contributed by atoms with van der Waals surface area (Å²) in [6.45, 7) is 1.97. The third kappa shape index (κ3) is 5.38. The Balaban J connectivity index is 1.84. The Morgan fingerprint density at radius 2 is 1.41 bits per heavy atom. The van der Waals surface area contributed by atoms with E-state index in [4.69, 9.17) is 0 Å². The predicted molar refractivity (Wildman–Crippen MR) is 136 cm³/mol. The molecule has 4 rings (SSSR count). The lowest BCUT2D eigenvalue weighted by Gasteiger charge is -2.37. The second kappa shape index (κ2) is 11.0. The van der Waals surface area contributed by atoms with Gasteiger partial charge in [-0.05, 0) is 66.0 Å². The fraction of sp³-hybridized carbons (Fsp3) is 0.552. The molecule has 182 valence electrons. The van der Waals surface area contributed by atoms with E-state index in [2.05, 4.69) is 0 Å². The molecule has 4 nitrogen and oxygen atoms in total. The summed E-state index contributed by atoms with van der Waals surface area (Å²) >= 11 is 0. The van der Waals surface area contributed by atoms with Crippen LogP contribution >= 0.6 is 7.68 Å². The zero-order valence-corrected chi connectivity index (χ0v) is 21.2. The number of carboxylic acids is 1.